The van der Waals surface area contributed by atoms with Gasteiger partial charge < -0.3 is 14.8 Å². The zero-order chi connectivity index (χ0) is 24.7. The number of hydrogen-bond donors (Lipinski definition) is 1. The Balaban J connectivity index is 1.81. The summed E-state index contributed by atoms with van der Waals surface area (Å²) in [7, 11) is 1.45. The first-order chi connectivity index (χ1) is 16.3. The molecule has 3 rings (SSSR count). The van der Waals surface area contributed by atoms with E-state index < -0.39 is 16.6 Å². The molecule has 0 spiro atoms. The maximum atomic E-state index is 13.1. The Morgan fingerprint density at radius 1 is 1.24 bits per heavy atom. The second-order valence-corrected chi connectivity index (χ2v) is 8.04. The molecular weight excluding hydrogens is 556 g/mol. The van der Waals surface area contributed by atoms with Crippen molar-refractivity contribution in [2.75, 3.05) is 12.4 Å². The lowest BCUT2D eigenvalue weighted by Gasteiger charge is -2.14. The van der Waals surface area contributed by atoms with Crippen LogP contribution in [0.2, 0.25) is 0 Å². The van der Waals surface area contributed by atoms with Gasteiger partial charge >= 0.3 is 0 Å². The number of anilines is 1. The molecule has 0 saturated heterocycles. The number of benzene rings is 3. The number of carbonyl (C=O) groups is 1. The van der Waals surface area contributed by atoms with Crippen LogP contribution in [0.25, 0.3) is 6.08 Å². The molecule has 0 fully saturated rings. The molecule has 0 bridgehead atoms. The Morgan fingerprint density at radius 2 is 1.97 bits per heavy atom. The lowest BCUT2D eigenvalue weighted by atomic mass is 10.1. The Hall–Kier alpha value is -3.98. The number of nitro groups is 1. The van der Waals surface area contributed by atoms with Gasteiger partial charge in [0.1, 0.15) is 24.1 Å². The van der Waals surface area contributed by atoms with Crippen molar-refractivity contribution in [2.45, 2.75) is 6.61 Å². The molecule has 0 saturated carbocycles. The second-order valence-electron chi connectivity index (χ2n) is 6.88. The predicted octanol–water partition coefficient (Wildman–Crippen LogP) is 5.47. The van der Waals surface area contributed by atoms with Crippen molar-refractivity contribution in [3.63, 3.8) is 0 Å². The molecule has 172 valence electrons. The van der Waals surface area contributed by atoms with E-state index in [1.54, 1.807) is 24.3 Å². The summed E-state index contributed by atoms with van der Waals surface area (Å²) in [6, 6.07) is 16.5. The van der Waals surface area contributed by atoms with Gasteiger partial charge in [0.05, 0.1) is 15.6 Å². The Kier molecular flexibility index (Phi) is 8.15. The number of ether oxygens (including phenoxy) is 2. The minimum Gasteiger partial charge on any atom is -0.493 e. The molecule has 0 aliphatic carbocycles. The first-order valence-corrected chi connectivity index (χ1v) is 10.8. The van der Waals surface area contributed by atoms with Crippen molar-refractivity contribution in [2.24, 2.45) is 0 Å². The zero-order valence-corrected chi connectivity index (χ0v) is 19.9. The van der Waals surface area contributed by atoms with Crippen molar-refractivity contribution < 1.29 is 23.6 Å². The number of rotatable bonds is 8. The highest BCUT2D eigenvalue weighted by Crippen LogP contribution is 2.35. The molecule has 3 aromatic rings. The van der Waals surface area contributed by atoms with Gasteiger partial charge in [-0.1, -0.05) is 12.1 Å². The van der Waals surface area contributed by atoms with Crippen LogP contribution in [0.5, 0.6) is 11.5 Å². The highest BCUT2D eigenvalue weighted by molar-refractivity contribution is 14.1. The lowest BCUT2D eigenvalue weighted by Crippen LogP contribution is -2.13. The summed E-state index contributed by atoms with van der Waals surface area (Å²) in [4.78, 5) is 23.0. The van der Waals surface area contributed by atoms with Crippen LogP contribution < -0.4 is 14.8 Å². The summed E-state index contributed by atoms with van der Waals surface area (Å²) in [5.41, 5.74) is 1.29. The summed E-state index contributed by atoms with van der Waals surface area (Å²) < 4.78 is 25.0. The third-order valence-electron chi connectivity index (χ3n) is 4.53. The van der Waals surface area contributed by atoms with Crippen LogP contribution in [0.3, 0.4) is 0 Å². The van der Waals surface area contributed by atoms with Gasteiger partial charge in [-0.25, -0.2) is 4.39 Å². The van der Waals surface area contributed by atoms with Crippen LogP contribution in [0.15, 0.2) is 66.2 Å². The van der Waals surface area contributed by atoms with E-state index in [1.165, 1.54) is 49.6 Å². The van der Waals surface area contributed by atoms with Crippen LogP contribution >= 0.6 is 22.6 Å². The van der Waals surface area contributed by atoms with Gasteiger partial charge in [0.15, 0.2) is 11.5 Å². The van der Waals surface area contributed by atoms with E-state index in [1.807, 2.05) is 28.7 Å². The number of halogens is 2. The van der Waals surface area contributed by atoms with Gasteiger partial charge in [0.2, 0.25) is 0 Å². The maximum Gasteiger partial charge on any atom is 0.269 e. The SMILES string of the molecule is COc1cc(/C=C(\C#N)C(=O)Nc2ccc(F)cc2)cc(I)c1OCc1cccc([N+](=O)[O-])c1. The largest absolute Gasteiger partial charge is 0.493 e. The van der Waals surface area contributed by atoms with Crippen molar-refractivity contribution in [3.05, 3.63) is 96.9 Å². The average Bonchev–Trinajstić information content (AvgIpc) is 2.83. The molecule has 1 N–H and O–H groups in total. The number of nitriles is 1. The fourth-order valence-electron chi connectivity index (χ4n) is 2.93. The van der Waals surface area contributed by atoms with Crippen molar-refractivity contribution in [3.8, 4) is 17.6 Å². The van der Waals surface area contributed by atoms with E-state index in [0.29, 0.717) is 31.9 Å². The molecule has 0 aliphatic rings. The monoisotopic (exact) mass is 573 g/mol. The van der Waals surface area contributed by atoms with Gasteiger partial charge in [-0.2, -0.15) is 5.26 Å². The van der Waals surface area contributed by atoms with Crippen LogP contribution in [0.1, 0.15) is 11.1 Å². The third-order valence-corrected chi connectivity index (χ3v) is 5.34. The van der Waals surface area contributed by atoms with Crippen molar-refractivity contribution in [1.29, 1.82) is 5.26 Å². The number of methoxy groups -OCH3 is 1. The number of nitro benzene ring substituents is 1. The first kappa shape index (κ1) is 24.7. The molecule has 34 heavy (non-hydrogen) atoms. The third kappa shape index (κ3) is 6.29. The van der Waals surface area contributed by atoms with E-state index in [0.717, 1.165) is 0 Å². The number of nitrogens with zero attached hydrogens (tertiary/aromatic N) is 2. The summed E-state index contributed by atoms with van der Waals surface area (Å²) >= 11 is 2.03. The quantitative estimate of drug-likeness (QED) is 0.126. The Labute approximate surface area is 207 Å². The van der Waals surface area contributed by atoms with Crippen LogP contribution in [0, 0.1) is 30.8 Å². The van der Waals surface area contributed by atoms with Gasteiger partial charge in [-0.3, -0.25) is 14.9 Å². The van der Waals surface area contributed by atoms with E-state index in [-0.39, 0.29) is 17.9 Å². The highest BCUT2D eigenvalue weighted by atomic mass is 127. The molecule has 10 heteroatoms. The fourth-order valence-corrected chi connectivity index (χ4v) is 3.71. The highest BCUT2D eigenvalue weighted by Gasteiger charge is 2.15. The van der Waals surface area contributed by atoms with Crippen molar-refractivity contribution >= 4 is 45.9 Å². The minimum absolute atomic E-state index is 0.0359. The van der Waals surface area contributed by atoms with Crippen molar-refractivity contribution in [1.82, 2.24) is 0 Å². The van der Waals surface area contributed by atoms with Gasteiger partial charge in [-0.15, -0.1) is 0 Å². The van der Waals surface area contributed by atoms with Crippen LogP contribution in [-0.2, 0) is 11.4 Å². The molecule has 8 nitrogen and oxygen atoms in total. The van der Waals surface area contributed by atoms with E-state index in [9.17, 15) is 24.6 Å². The zero-order valence-electron chi connectivity index (χ0n) is 17.7. The van der Waals surface area contributed by atoms with Crippen LogP contribution in [0.4, 0.5) is 15.8 Å². The van der Waals surface area contributed by atoms with Gasteiger partial charge in [0.25, 0.3) is 11.6 Å². The molecule has 0 radical (unpaired) electrons. The summed E-state index contributed by atoms with van der Waals surface area (Å²) in [5, 5.41) is 23.0. The van der Waals surface area contributed by atoms with E-state index in [4.69, 9.17) is 9.47 Å². The molecule has 0 unspecified atom stereocenters. The molecule has 0 aliphatic heterocycles. The predicted molar refractivity (Wildman–Crippen MR) is 132 cm³/mol. The molecule has 0 heterocycles. The second kappa shape index (κ2) is 11.2. The van der Waals surface area contributed by atoms with E-state index in [2.05, 4.69) is 5.32 Å². The summed E-state index contributed by atoms with van der Waals surface area (Å²) in [6.45, 7) is 0.0761. The fraction of sp³-hybridized carbons (Fsp3) is 0.0833. The average molecular weight is 573 g/mol. The number of carbonyl (C=O) groups excluding carboxylic acids is 1. The number of hydrogen-bond acceptors (Lipinski definition) is 6. The standard InChI is InChI=1S/C24H17FIN3O5/c1-33-22-12-16(9-17(13-27)24(30)28-19-7-5-18(25)6-8-19)11-21(26)23(22)34-14-15-3-2-4-20(10-15)29(31)32/h2-12H,14H2,1H3,(H,28,30)/b17-9+. The molecule has 0 aromatic heterocycles. The topological polar surface area (TPSA) is 114 Å². The molecule has 0 atom stereocenters. The molecule has 1 amide bonds. The summed E-state index contributed by atoms with van der Waals surface area (Å²) in [6.07, 6.45) is 1.40. The molecule has 3 aromatic carbocycles. The Bertz CT molecular complexity index is 1300. The maximum absolute atomic E-state index is 13.1. The summed E-state index contributed by atoms with van der Waals surface area (Å²) in [5.74, 6) is -0.307. The first-order valence-electron chi connectivity index (χ1n) is 9.73. The lowest BCUT2D eigenvalue weighted by molar-refractivity contribution is -0.384. The number of amides is 1. The normalized spacial score (nSPS) is 10.8. The Morgan fingerprint density at radius 3 is 2.62 bits per heavy atom. The number of nitrogens with one attached hydrogen (secondary N) is 1. The number of non-ortho nitro benzene ring substituents is 1. The van der Waals surface area contributed by atoms with Gasteiger partial charge in [0, 0.05) is 17.8 Å². The smallest absolute Gasteiger partial charge is 0.269 e. The van der Waals surface area contributed by atoms with Crippen LogP contribution in [-0.4, -0.2) is 17.9 Å². The molecular formula is C24H17FIN3O5. The van der Waals surface area contributed by atoms with E-state index >= 15 is 0 Å². The minimum atomic E-state index is -0.644. The van der Waals surface area contributed by atoms with Gasteiger partial charge in [-0.05, 0) is 76.2 Å².